The number of methoxy groups -OCH3 is 1. The summed E-state index contributed by atoms with van der Waals surface area (Å²) in [5.41, 5.74) is 0. The zero-order chi connectivity index (χ0) is 8.74. The fraction of sp³-hybridized carbons (Fsp3) is 1.00. The predicted molar refractivity (Wildman–Crippen MR) is 53.9 cm³/mol. The van der Waals surface area contributed by atoms with Gasteiger partial charge in [-0.1, -0.05) is 25.9 Å². The number of halogens is 1. The second-order valence-corrected chi connectivity index (χ2v) is 10.5. The van der Waals surface area contributed by atoms with Gasteiger partial charge in [0.05, 0.1) is 0 Å². The number of hydrogen-bond acceptors (Lipinski definition) is 1. The first-order chi connectivity index (χ1) is 5.06. The molecule has 0 bridgehead atoms. The van der Waals surface area contributed by atoms with Crippen molar-refractivity contribution in [2.24, 2.45) is 0 Å². The molecular weight excluding hydrogens is 176 g/mol. The van der Waals surface area contributed by atoms with Gasteiger partial charge in [-0.05, 0) is 12.5 Å². The highest BCUT2D eigenvalue weighted by molar-refractivity contribution is 7.19. The number of rotatable bonds is 6. The van der Waals surface area contributed by atoms with Crippen LogP contribution < -0.4 is 0 Å². The summed E-state index contributed by atoms with van der Waals surface area (Å²) in [5, 5.41) is 0. The Morgan fingerprint density at radius 3 is 2.27 bits per heavy atom. The van der Waals surface area contributed by atoms with Crippen molar-refractivity contribution < 1.29 is 4.74 Å². The molecule has 0 amide bonds. The van der Waals surface area contributed by atoms with E-state index >= 15 is 0 Å². The van der Waals surface area contributed by atoms with Crippen molar-refractivity contribution >= 4 is 18.5 Å². The Morgan fingerprint density at radius 2 is 1.82 bits per heavy atom. The number of ether oxygens (including phenoxy) is 1. The smallest absolute Gasteiger partial charge is 0.150 e. The maximum absolute atomic E-state index is 6.15. The van der Waals surface area contributed by atoms with E-state index in [4.69, 9.17) is 15.8 Å². The Morgan fingerprint density at radius 1 is 1.18 bits per heavy atom. The zero-order valence-electron chi connectivity index (χ0n) is 7.82. The highest BCUT2D eigenvalue weighted by atomic mass is 35.6. The van der Waals surface area contributed by atoms with Crippen molar-refractivity contribution in [3.8, 4) is 0 Å². The Labute approximate surface area is 75.8 Å². The van der Waals surface area contributed by atoms with Gasteiger partial charge in [0.25, 0.3) is 0 Å². The lowest BCUT2D eigenvalue weighted by atomic mass is 10.3. The van der Waals surface area contributed by atoms with Gasteiger partial charge < -0.3 is 4.74 Å². The topological polar surface area (TPSA) is 9.23 Å². The van der Waals surface area contributed by atoms with Crippen LogP contribution in [0.1, 0.15) is 19.3 Å². The normalized spacial score (nSPS) is 12.0. The van der Waals surface area contributed by atoms with Crippen LogP contribution in [-0.2, 0) is 4.74 Å². The first-order valence-electron chi connectivity index (χ1n) is 4.24. The maximum atomic E-state index is 6.15. The summed E-state index contributed by atoms with van der Waals surface area (Å²) < 4.78 is 4.95. The van der Waals surface area contributed by atoms with E-state index in [1.54, 1.807) is 7.11 Å². The lowest BCUT2D eigenvalue weighted by Gasteiger charge is -2.11. The van der Waals surface area contributed by atoms with Crippen molar-refractivity contribution in [3.63, 3.8) is 0 Å². The van der Waals surface area contributed by atoms with Gasteiger partial charge in [0.15, 0.2) is 0 Å². The molecule has 0 unspecified atom stereocenters. The molecule has 68 valence electrons. The van der Waals surface area contributed by atoms with Gasteiger partial charge >= 0.3 is 0 Å². The fourth-order valence-electron chi connectivity index (χ4n) is 0.969. The number of hydrogen-bond donors (Lipinski definition) is 0. The standard InChI is InChI=1S/C8H19ClOSi/c1-10-7-5-4-6-8-11(2,3)9/h4-8H2,1-3H3. The minimum atomic E-state index is -1.29. The Bertz CT molecular complexity index is 90.6. The van der Waals surface area contributed by atoms with Gasteiger partial charge in [0, 0.05) is 13.7 Å². The lowest BCUT2D eigenvalue weighted by molar-refractivity contribution is 0.192. The van der Waals surface area contributed by atoms with E-state index in [-0.39, 0.29) is 0 Å². The number of unbranched alkanes of at least 4 members (excludes halogenated alkanes) is 2. The van der Waals surface area contributed by atoms with E-state index in [1.165, 1.54) is 25.3 Å². The van der Waals surface area contributed by atoms with Crippen molar-refractivity contribution in [1.82, 2.24) is 0 Å². The molecule has 0 aromatic heterocycles. The third kappa shape index (κ3) is 10.5. The molecule has 0 rings (SSSR count). The molecule has 1 nitrogen and oxygen atoms in total. The molecule has 0 atom stereocenters. The van der Waals surface area contributed by atoms with E-state index in [0.717, 1.165) is 6.61 Å². The molecule has 11 heavy (non-hydrogen) atoms. The Hall–Kier alpha value is 0.467. The van der Waals surface area contributed by atoms with Gasteiger partial charge in [0.1, 0.15) is 7.38 Å². The molecule has 0 radical (unpaired) electrons. The molecule has 0 heterocycles. The van der Waals surface area contributed by atoms with Crippen LogP contribution in [0.15, 0.2) is 0 Å². The van der Waals surface area contributed by atoms with Gasteiger partial charge in [-0.25, -0.2) is 0 Å². The molecular formula is C8H19ClOSi. The van der Waals surface area contributed by atoms with Crippen molar-refractivity contribution in [3.05, 3.63) is 0 Å². The summed E-state index contributed by atoms with van der Waals surface area (Å²) >= 11 is 6.15. The Kier molecular flexibility index (Phi) is 6.29. The highest BCUT2D eigenvalue weighted by Crippen LogP contribution is 2.17. The lowest BCUT2D eigenvalue weighted by Crippen LogP contribution is -2.15. The molecule has 0 aromatic carbocycles. The first-order valence-corrected chi connectivity index (χ1v) is 8.46. The van der Waals surface area contributed by atoms with Crippen LogP contribution in [0.4, 0.5) is 0 Å². The molecule has 0 aliphatic carbocycles. The summed E-state index contributed by atoms with van der Waals surface area (Å²) in [6.45, 7) is 5.29. The van der Waals surface area contributed by atoms with Crippen LogP contribution in [0.3, 0.4) is 0 Å². The maximum Gasteiger partial charge on any atom is 0.150 e. The van der Waals surface area contributed by atoms with Crippen molar-refractivity contribution in [1.29, 1.82) is 0 Å². The fourth-order valence-corrected chi connectivity index (χ4v) is 2.46. The van der Waals surface area contributed by atoms with Crippen molar-refractivity contribution in [2.45, 2.75) is 38.4 Å². The summed E-state index contributed by atoms with van der Waals surface area (Å²) in [5.74, 6) is 0. The van der Waals surface area contributed by atoms with Crippen LogP contribution in [0.2, 0.25) is 19.1 Å². The summed E-state index contributed by atoms with van der Waals surface area (Å²) in [7, 11) is 0.464. The van der Waals surface area contributed by atoms with Crippen LogP contribution >= 0.6 is 11.1 Å². The summed E-state index contributed by atoms with van der Waals surface area (Å²) in [6.07, 6.45) is 3.71. The van der Waals surface area contributed by atoms with Gasteiger partial charge in [-0.15, -0.1) is 0 Å². The average Bonchev–Trinajstić information content (AvgIpc) is 1.85. The van der Waals surface area contributed by atoms with Gasteiger partial charge in [-0.2, -0.15) is 11.1 Å². The zero-order valence-corrected chi connectivity index (χ0v) is 9.58. The average molecular weight is 195 g/mol. The molecule has 0 aliphatic rings. The molecule has 0 aromatic rings. The van der Waals surface area contributed by atoms with E-state index in [0.29, 0.717) is 0 Å². The molecule has 3 heteroatoms. The third-order valence-corrected chi connectivity index (χ3v) is 3.73. The largest absolute Gasteiger partial charge is 0.385 e. The van der Waals surface area contributed by atoms with Gasteiger partial charge in [0.2, 0.25) is 0 Å². The second kappa shape index (κ2) is 6.04. The quantitative estimate of drug-likeness (QED) is 0.359. The molecule has 0 saturated carbocycles. The monoisotopic (exact) mass is 194 g/mol. The molecule has 0 N–H and O–H groups in total. The summed E-state index contributed by atoms with van der Waals surface area (Å²) in [4.78, 5) is 0. The van der Waals surface area contributed by atoms with Crippen LogP contribution in [0, 0.1) is 0 Å². The molecule has 0 aliphatic heterocycles. The summed E-state index contributed by atoms with van der Waals surface area (Å²) in [6, 6.07) is 1.23. The minimum Gasteiger partial charge on any atom is -0.385 e. The molecule has 0 spiro atoms. The van der Waals surface area contributed by atoms with Crippen LogP contribution in [0.5, 0.6) is 0 Å². The van der Waals surface area contributed by atoms with Gasteiger partial charge in [-0.3, -0.25) is 0 Å². The molecule has 0 fully saturated rings. The second-order valence-electron chi connectivity index (χ2n) is 3.52. The minimum absolute atomic E-state index is 0.893. The van der Waals surface area contributed by atoms with E-state index in [1.807, 2.05) is 0 Å². The molecule has 0 saturated heterocycles. The van der Waals surface area contributed by atoms with E-state index < -0.39 is 7.38 Å². The predicted octanol–water partition coefficient (Wildman–Crippen LogP) is 3.25. The Balaban J connectivity index is 3.02. The van der Waals surface area contributed by atoms with Crippen LogP contribution in [0.25, 0.3) is 0 Å². The van der Waals surface area contributed by atoms with Crippen LogP contribution in [-0.4, -0.2) is 21.1 Å². The highest BCUT2D eigenvalue weighted by Gasteiger charge is 2.15. The van der Waals surface area contributed by atoms with E-state index in [2.05, 4.69) is 13.1 Å². The SMILES string of the molecule is COCCCCC[Si](C)(C)Cl. The van der Waals surface area contributed by atoms with E-state index in [9.17, 15) is 0 Å². The third-order valence-electron chi connectivity index (χ3n) is 1.62. The first kappa shape index (κ1) is 11.5. The van der Waals surface area contributed by atoms with Crippen molar-refractivity contribution in [2.75, 3.05) is 13.7 Å².